The Morgan fingerprint density at radius 1 is 1.61 bits per heavy atom. The molecule has 6 nitrogen and oxygen atoms in total. The van der Waals surface area contributed by atoms with Gasteiger partial charge in [0.2, 0.25) is 0 Å². The molecule has 0 aliphatic carbocycles. The van der Waals surface area contributed by atoms with Gasteiger partial charge in [0.15, 0.2) is 5.96 Å². The molecule has 6 heteroatoms. The van der Waals surface area contributed by atoms with Gasteiger partial charge in [-0.25, -0.2) is 4.98 Å². The minimum absolute atomic E-state index is 0.260. The van der Waals surface area contributed by atoms with E-state index in [1.165, 1.54) is 0 Å². The van der Waals surface area contributed by atoms with Crippen LogP contribution in [0.2, 0.25) is 0 Å². The highest BCUT2D eigenvalue weighted by Gasteiger charge is 2.14. The van der Waals surface area contributed by atoms with Crippen molar-refractivity contribution in [1.82, 2.24) is 14.9 Å². The van der Waals surface area contributed by atoms with Crippen molar-refractivity contribution in [2.24, 2.45) is 10.7 Å². The van der Waals surface area contributed by atoms with E-state index in [1.807, 2.05) is 17.1 Å². The number of rotatable bonds is 6. The number of aromatic nitrogens is 2. The second kappa shape index (κ2) is 7.00. The molecule has 0 aromatic carbocycles. The Morgan fingerprint density at radius 3 is 3.28 bits per heavy atom. The summed E-state index contributed by atoms with van der Waals surface area (Å²) >= 11 is 0. The van der Waals surface area contributed by atoms with Crippen LogP contribution in [0.1, 0.15) is 19.3 Å². The first-order valence-electron chi connectivity index (χ1n) is 6.46. The maximum atomic E-state index is 5.78. The average Bonchev–Trinajstić information content (AvgIpc) is 3.04. The molecule has 3 N–H and O–H groups in total. The fourth-order valence-electron chi connectivity index (χ4n) is 1.94. The number of aliphatic imine (C=N–C) groups is 1. The molecule has 1 unspecified atom stereocenters. The molecule has 1 aliphatic rings. The van der Waals surface area contributed by atoms with Gasteiger partial charge in [-0.1, -0.05) is 0 Å². The fourth-order valence-corrected chi connectivity index (χ4v) is 1.94. The number of nitrogens with two attached hydrogens (primary N) is 1. The lowest BCUT2D eigenvalue weighted by Gasteiger charge is -2.08. The highest BCUT2D eigenvalue weighted by atomic mass is 16.5. The molecule has 1 atom stereocenters. The van der Waals surface area contributed by atoms with Gasteiger partial charge in [0.25, 0.3) is 0 Å². The standard InChI is InChI=1S/C12H21N5O/c13-12(16-9-11-3-1-8-18-11)15-4-2-6-17-7-5-14-10-17/h5,7,10-11H,1-4,6,8-9H2,(H3,13,15,16). The van der Waals surface area contributed by atoms with Gasteiger partial charge in [-0.05, 0) is 19.3 Å². The number of nitrogens with zero attached hydrogens (tertiary/aromatic N) is 3. The molecule has 1 aromatic heterocycles. The van der Waals surface area contributed by atoms with E-state index in [0.717, 1.165) is 39.0 Å². The SMILES string of the molecule is NC(=NCC1CCCO1)NCCCn1ccnc1. The average molecular weight is 251 g/mol. The van der Waals surface area contributed by atoms with Crippen LogP contribution in [0.3, 0.4) is 0 Å². The predicted octanol–water partition coefficient (Wildman–Crippen LogP) is 0.356. The van der Waals surface area contributed by atoms with Crippen molar-refractivity contribution in [3.05, 3.63) is 18.7 Å². The number of hydrogen-bond donors (Lipinski definition) is 2. The molecule has 0 amide bonds. The van der Waals surface area contributed by atoms with E-state index in [0.29, 0.717) is 12.5 Å². The van der Waals surface area contributed by atoms with Crippen molar-refractivity contribution >= 4 is 5.96 Å². The van der Waals surface area contributed by atoms with Crippen LogP contribution in [0.4, 0.5) is 0 Å². The predicted molar refractivity (Wildman–Crippen MR) is 70.3 cm³/mol. The zero-order valence-electron chi connectivity index (χ0n) is 10.6. The van der Waals surface area contributed by atoms with E-state index in [1.54, 1.807) is 6.20 Å². The van der Waals surface area contributed by atoms with Crippen LogP contribution in [0.25, 0.3) is 0 Å². The molecule has 2 rings (SSSR count). The third kappa shape index (κ3) is 4.37. The van der Waals surface area contributed by atoms with E-state index in [-0.39, 0.29) is 6.10 Å². The van der Waals surface area contributed by atoms with Gasteiger partial charge in [0, 0.05) is 32.1 Å². The van der Waals surface area contributed by atoms with E-state index >= 15 is 0 Å². The molecule has 1 saturated heterocycles. The number of aryl methyl sites for hydroxylation is 1. The Morgan fingerprint density at radius 2 is 2.56 bits per heavy atom. The summed E-state index contributed by atoms with van der Waals surface area (Å²) in [5.41, 5.74) is 5.78. The summed E-state index contributed by atoms with van der Waals surface area (Å²) in [5.74, 6) is 0.510. The van der Waals surface area contributed by atoms with Crippen molar-refractivity contribution in [2.75, 3.05) is 19.7 Å². The first-order chi connectivity index (χ1) is 8.84. The van der Waals surface area contributed by atoms with Crippen LogP contribution in [0.5, 0.6) is 0 Å². The van der Waals surface area contributed by atoms with Gasteiger partial charge in [-0.2, -0.15) is 0 Å². The molecule has 2 heterocycles. The zero-order valence-corrected chi connectivity index (χ0v) is 10.6. The summed E-state index contributed by atoms with van der Waals surface area (Å²) in [6.45, 7) is 3.28. The normalized spacial score (nSPS) is 20.2. The van der Waals surface area contributed by atoms with E-state index in [4.69, 9.17) is 10.5 Å². The highest BCUT2D eigenvalue weighted by Crippen LogP contribution is 2.11. The van der Waals surface area contributed by atoms with Crippen LogP contribution in [-0.4, -0.2) is 41.3 Å². The Kier molecular flexibility index (Phi) is 5.01. The zero-order chi connectivity index (χ0) is 12.6. The Labute approximate surface area is 107 Å². The van der Waals surface area contributed by atoms with E-state index in [2.05, 4.69) is 15.3 Å². The largest absolute Gasteiger partial charge is 0.376 e. The van der Waals surface area contributed by atoms with E-state index < -0.39 is 0 Å². The van der Waals surface area contributed by atoms with E-state index in [9.17, 15) is 0 Å². The second-order valence-corrected chi connectivity index (χ2v) is 4.44. The summed E-state index contributed by atoms with van der Waals surface area (Å²) in [6.07, 6.45) is 9.04. The van der Waals surface area contributed by atoms with Crippen molar-refractivity contribution in [2.45, 2.75) is 31.9 Å². The molecule has 1 aromatic rings. The monoisotopic (exact) mass is 251 g/mol. The molecule has 0 radical (unpaired) electrons. The quantitative estimate of drug-likeness (QED) is 0.435. The first-order valence-corrected chi connectivity index (χ1v) is 6.46. The Bertz CT molecular complexity index is 357. The van der Waals surface area contributed by atoms with Crippen molar-refractivity contribution < 1.29 is 4.74 Å². The minimum atomic E-state index is 0.260. The fraction of sp³-hybridized carbons (Fsp3) is 0.667. The number of imidazole rings is 1. The summed E-state index contributed by atoms with van der Waals surface area (Å²) in [6, 6.07) is 0. The summed E-state index contributed by atoms with van der Waals surface area (Å²) in [7, 11) is 0. The minimum Gasteiger partial charge on any atom is -0.376 e. The Hall–Kier alpha value is -1.56. The van der Waals surface area contributed by atoms with Gasteiger partial charge >= 0.3 is 0 Å². The third-order valence-electron chi connectivity index (χ3n) is 2.95. The van der Waals surface area contributed by atoms with Crippen molar-refractivity contribution in [1.29, 1.82) is 0 Å². The molecule has 18 heavy (non-hydrogen) atoms. The highest BCUT2D eigenvalue weighted by molar-refractivity contribution is 5.77. The van der Waals surface area contributed by atoms with Gasteiger partial charge < -0.3 is 20.4 Å². The number of hydrogen-bond acceptors (Lipinski definition) is 3. The molecule has 0 spiro atoms. The topological polar surface area (TPSA) is 77.5 Å². The lowest BCUT2D eigenvalue weighted by molar-refractivity contribution is 0.118. The van der Waals surface area contributed by atoms with Gasteiger partial charge in [0.05, 0.1) is 19.0 Å². The smallest absolute Gasteiger partial charge is 0.188 e. The van der Waals surface area contributed by atoms with Crippen molar-refractivity contribution in [3.8, 4) is 0 Å². The van der Waals surface area contributed by atoms with Gasteiger partial charge in [-0.3, -0.25) is 4.99 Å². The maximum Gasteiger partial charge on any atom is 0.188 e. The molecular formula is C12H21N5O. The summed E-state index contributed by atoms with van der Waals surface area (Å²) < 4.78 is 7.52. The maximum absolute atomic E-state index is 5.78. The molecule has 0 bridgehead atoms. The summed E-state index contributed by atoms with van der Waals surface area (Å²) in [4.78, 5) is 8.27. The molecule has 1 fully saturated rings. The lowest BCUT2D eigenvalue weighted by Crippen LogP contribution is -2.33. The summed E-state index contributed by atoms with van der Waals surface area (Å²) in [5, 5.41) is 3.11. The number of nitrogens with one attached hydrogen (secondary N) is 1. The van der Waals surface area contributed by atoms with Crippen LogP contribution in [-0.2, 0) is 11.3 Å². The lowest BCUT2D eigenvalue weighted by atomic mass is 10.2. The molecule has 100 valence electrons. The molecule has 0 saturated carbocycles. The molecule has 1 aliphatic heterocycles. The second-order valence-electron chi connectivity index (χ2n) is 4.44. The first kappa shape index (κ1) is 12.9. The van der Waals surface area contributed by atoms with Crippen LogP contribution >= 0.6 is 0 Å². The third-order valence-corrected chi connectivity index (χ3v) is 2.95. The van der Waals surface area contributed by atoms with Crippen LogP contribution < -0.4 is 11.1 Å². The number of ether oxygens (including phenoxy) is 1. The van der Waals surface area contributed by atoms with Gasteiger partial charge in [-0.15, -0.1) is 0 Å². The molecular weight excluding hydrogens is 230 g/mol. The van der Waals surface area contributed by atoms with Crippen molar-refractivity contribution in [3.63, 3.8) is 0 Å². The number of guanidine groups is 1. The van der Waals surface area contributed by atoms with Gasteiger partial charge in [0.1, 0.15) is 0 Å². The van der Waals surface area contributed by atoms with Crippen LogP contribution in [0, 0.1) is 0 Å². The Balaban J connectivity index is 1.56. The van der Waals surface area contributed by atoms with Crippen LogP contribution in [0.15, 0.2) is 23.7 Å².